The molecular weight excluding hydrogens is 258 g/mol. The van der Waals surface area contributed by atoms with Gasteiger partial charge < -0.3 is 15.3 Å². The highest BCUT2D eigenvalue weighted by Gasteiger charge is 2.26. The molecule has 6 nitrogen and oxygen atoms in total. The van der Waals surface area contributed by atoms with Crippen molar-refractivity contribution >= 4 is 12.0 Å². The fourth-order valence-corrected chi connectivity index (χ4v) is 2.41. The summed E-state index contributed by atoms with van der Waals surface area (Å²) < 4.78 is 0. The Morgan fingerprint density at radius 3 is 2.25 bits per heavy atom. The molecule has 1 fully saturated rings. The van der Waals surface area contributed by atoms with E-state index in [1.165, 1.54) is 0 Å². The number of piperazine rings is 1. The molecule has 0 bridgehead atoms. The van der Waals surface area contributed by atoms with Gasteiger partial charge in [-0.05, 0) is 19.8 Å². The zero-order valence-corrected chi connectivity index (χ0v) is 12.8. The molecule has 116 valence electrons. The molecule has 0 radical (unpaired) electrons. The van der Waals surface area contributed by atoms with Gasteiger partial charge in [0, 0.05) is 32.2 Å². The molecule has 1 rings (SSSR count). The highest BCUT2D eigenvalue weighted by atomic mass is 16.4. The summed E-state index contributed by atoms with van der Waals surface area (Å²) in [5.74, 6) is -0.960. The van der Waals surface area contributed by atoms with Crippen LogP contribution in [0, 0.1) is 0 Å². The summed E-state index contributed by atoms with van der Waals surface area (Å²) >= 11 is 0. The van der Waals surface area contributed by atoms with Gasteiger partial charge in [0.2, 0.25) is 0 Å². The monoisotopic (exact) mass is 285 g/mol. The van der Waals surface area contributed by atoms with Crippen LogP contribution in [0.2, 0.25) is 0 Å². The Hall–Kier alpha value is -1.30. The number of hydrogen-bond acceptors (Lipinski definition) is 3. The second-order valence-corrected chi connectivity index (χ2v) is 5.41. The summed E-state index contributed by atoms with van der Waals surface area (Å²) in [4.78, 5) is 27.2. The maximum Gasteiger partial charge on any atom is 0.326 e. The first-order valence-corrected chi connectivity index (χ1v) is 7.51. The van der Waals surface area contributed by atoms with E-state index in [1.54, 1.807) is 4.90 Å². The fraction of sp³-hybridized carbons (Fsp3) is 0.857. The average molecular weight is 285 g/mol. The minimum atomic E-state index is -0.960. The van der Waals surface area contributed by atoms with Crippen LogP contribution in [0.4, 0.5) is 4.79 Å². The average Bonchev–Trinajstić information content (AvgIpc) is 2.45. The third kappa shape index (κ3) is 4.67. The molecule has 6 heteroatoms. The smallest absolute Gasteiger partial charge is 0.326 e. The van der Waals surface area contributed by atoms with Crippen LogP contribution in [0.1, 0.15) is 40.0 Å². The molecule has 0 aromatic heterocycles. The van der Waals surface area contributed by atoms with Crippen molar-refractivity contribution in [3.05, 3.63) is 0 Å². The van der Waals surface area contributed by atoms with Crippen LogP contribution in [-0.2, 0) is 4.79 Å². The van der Waals surface area contributed by atoms with Crippen LogP contribution in [0.5, 0.6) is 0 Å². The predicted octanol–water partition coefficient (Wildman–Crippen LogP) is 1.37. The molecule has 2 atom stereocenters. The van der Waals surface area contributed by atoms with Crippen LogP contribution >= 0.6 is 0 Å². The molecular formula is C14H27N3O3. The molecule has 0 spiro atoms. The summed E-state index contributed by atoms with van der Waals surface area (Å²) in [6, 6.07) is -0.498. The van der Waals surface area contributed by atoms with Crippen molar-refractivity contribution in [2.45, 2.75) is 52.1 Å². The highest BCUT2D eigenvalue weighted by molar-refractivity contribution is 5.82. The Labute approximate surface area is 121 Å². The minimum absolute atomic E-state index is 0.255. The van der Waals surface area contributed by atoms with Crippen molar-refractivity contribution in [3.63, 3.8) is 0 Å². The molecule has 0 aromatic rings. The summed E-state index contributed by atoms with van der Waals surface area (Å²) in [6.45, 7) is 9.29. The molecule has 2 amide bonds. The van der Waals surface area contributed by atoms with Crippen molar-refractivity contribution in [2.75, 3.05) is 26.2 Å². The third-order valence-electron chi connectivity index (χ3n) is 3.99. The fourth-order valence-electron chi connectivity index (χ4n) is 2.41. The van der Waals surface area contributed by atoms with Crippen LogP contribution in [-0.4, -0.2) is 65.2 Å². The van der Waals surface area contributed by atoms with Gasteiger partial charge >= 0.3 is 12.0 Å². The Balaban J connectivity index is 2.44. The van der Waals surface area contributed by atoms with Crippen LogP contribution in [0.25, 0.3) is 0 Å². The van der Waals surface area contributed by atoms with Gasteiger partial charge in [-0.2, -0.15) is 0 Å². The van der Waals surface area contributed by atoms with Gasteiger partial charge in [0.15, 0.2) is 0 Å². The lowest BCUT2D eigenvalue weighted by Gasteiger charge is -2.38. The van der Waals surface area contributed by atoms with E-state index in [9.17, 15) is 9.59 Å². The lowest BCUT2D eigenvalue weighted by atomic mass is 10.1. The first kappa shape index (κ1) is 16.8. The van der Waals surface area contributed by atoms with Crippen molar-refractivity contribution in [2.24, 2.45) is 0 Å². The molecule has 0 saturated carbocycles. The molecule has 2 N–H and O–H groups in total. The van der Waals surface area contributed by atoms with E-state index in [0.717, 1.165) is 25.9 Å². The zero-order chi connectivity index (χ0) is 15.1. The summed E-state index contributed by atoms with van der Waals surface area (Å²) in [5, 5.41) is 11.7. The number of carbonyl (C=O) groups is 2. The molecule has 1 aliphatic heterocycles. The minimum Gasteiger partial charge on any atom is -0.480 e. The third-order valence-corrected chi connectivity index (χ3v) is 3.99. The van der Waals surface area contributed by atoms with E-state index in [4.69, 9.17) is 5.11 Å². The van der Waals surface area contributed by atoms with E-state index in [2.05, 4.69) is 24.1 Å². The normalized spacial score (nSPS) is 19.4. The molecule has 1 heterocycles. The maximum absolute atomic E-state index is 12.1. The van der Waals surface area contributed by atoms with Crippen LogP contribution in [0.3, 0.4) is 0 Å². The van der Waals surface area contributed by atoms with Gasteiger partial charge in [-0.1, -0.05) is 20.3 Å². The number of hydrogen-bond donors (Lipinski definition) is 2. The van der Waals surface area contributed by atoms with Crippen LogP contribution < -0.4 is 5.32 Å². The second kappa shape index (κ2) is 8.09. The van der Waals surface area contributed by atoms with Crippen LogP contribution in [0.15, 0.2) is 0 Å². The number of nitrogens with zero attached hydrogens (tertiary/aromatic N) is 2. The van der Waals surface area contributed by atoms with E-state index < -0.39 is 12.0 Å². The summed E-state index contributed by atoms with van der Waals surface area (Å²) in [6.07, 6.45) is 2.30. The van der Waals surface area contributed by atoms with E-state index in [1.807, 2.05) is 6.92 Å². The number of rotatable bonds is 6. The van der Waals surface area contributed by atoms with Gasteiger partial charge in [0.05, 0.1) is 0 Å². The lowest BCUT2D eigenvalue weighted by molar-refractivity contribution is -0.139. The maximum atomic E-state index is 12.1. The number of urea groups is 1. The summed E-state index contributed by atoms with van der Waals surface area (Å²) in [7, 11) is 0. The van der Waals surface area contributed by atoms with E-state index in [-0.39, 0.29) is 6.03 Å². The standard InChI is InChI=1S/C14H27N3O3/c1-4-6-12(13(18)19)15-14(20)17-9-7-16(8-10-17)11(3)5-2/h11-12H,4-10H2,1-3H3,(H,15,20)(H,18,19). The Morgan fingerprint density at radius 1 is 1.20 bits per heavy atom. The van der Waals surface area contributed by atoms with E-state index >= 15 is 0 Å². The Kier molecular flexibility index (Phi) is 6.78. The number of aliphatic carboxylic acids is 1. The van der Waals surface area contributed by atoms with Gasteiger partial charge in [0.1, 0.15) is 6.04 Å². The highest BCUT2D eigenvalue weighted by Crippen LogP contribution is 2.09. The molecule has 20 heavy (non-hydrogen) atoms. The van der Waals surface area contributed by atoms with Gasteiger partial charge in [0.25, 0.3) is 0 Å². The van der Waals surface area contributed by atoms with Crippen molar-refractivity contribution in [1.29, 1.82) is 0 Å². The molecule has 0 aliphatic carbocycles. The first-order chi connectivity index (χ1) is 9.49. The van der Waals surface area contributed by atoms with Gasteiger partial charge in [-0.25, -0.2) is 9.59 Å². The lowest BCUT2D eigenvalue weighted by Crippen LogP contribution is -2.55. The van der Waals surface area contributed by atoms with E-state index in [0.29, 0.717) is 25.6 Å². The SMILES string of the molecule is CCCC(NC(=O)N1CCN(C(C)CC)CC1)C(=O)O. The molecule has 1 saturated heterocycles. The van der Waals surface area contributed by atoms with Gasteiger partial charge in [-0.3, -0.25) is 4.90 Å². The zero-order valence-electron chi connectivity index (χ0n) is 12.8. The number of nitrogens with one attached hydrogen (secondary N) is 1. The number of carboxylic acids is 1. The van der Waals surface area contributed by atoms with Gasteiger partial charge in [-0.15, -0.1) is 0 Å². The number of carboxylic acid groups (broad SMARTS) is 1. The number of carbonyl (C=O) groups excluding carboxylic acids is 1. The van der Waals surface area contributed by atoms with Crippen molar-refractivity contribution in [3.8, 4) is 0 Å². The van der Waals surface area contributed by atoms with Crippen molar-refractivity contribution in [1.82, 2.24) is 15.1 Å². The molecule has 0 aromatic carbocycles. The Morgan fingerprint density at radius 2 is 1.80 bits per heavy atom. The largest absolute Gasteiger partial charge is 0.480 e. The Bertz CT molecular complexity index is 328. The molecule has 2 unspecified atom stereocenters. The quantitative estimate of drug-likeness (QED) is 0.773. The predicted molar refractivity (Wildman–Crippen MR) is 77.8 cm³/mol. The summed E-state index contributed by atoms with van der Waals surface area (Å²) in [5.41, 5.74) is 0. The first-order valence-electron chi connectivity index (χ1n) is 7.51. The topological polar surface area (TPSA) is 72.9 Å². The molecule has 1 aliphatic rings. The second-order valence-electron chi connectivity index (χ2n) is 5.41. The van der Waals surface area contributed by atoms with Crippen molar-refractivity contribution < 1.29 is 14.7 Å². The number of amides is 2.